The van der Waals surface area contributed by atoms with Crippen molar-refractivity contribution < 1.29 is 9.59 Å². The lowest BCUT2D eigenvalue weighted by molar-refractivity contribution is -0.121. The summed E-state index contributed by atoms with van der Waals surface area (Å²) in [6.45, 7) is 5.18. The summed E-state index contributed by atoms with van der Waals surface area (Å²) in [5.41, 5.74) is 0. The maximum atomic E-state index is 11.1. The predicted molar refractivity (Wildman–Crippen MR) is 50.8 cm³/mol. The lowest BCUT2D eigenvalue weighted by Crippen LogP contribution is -2.30. The molecule has 0 saturated carbocycles. The van der Waals surface area contributed by atoms with Crippen molar-refractivity contribution in [3.8, 4) is 0 Å². The molecule has 0 aromatic rings. The highest BCUT2D eigenvalue weighted by Gasteiger charge is 2.03. The molecule has 0 spiro atoms. The van der Waals surface area contributed by atoms with Crippen molar-refractivity contribution in [2.24, 2.45) is 5.92 Å². The molecule has 0 aliphatic heterocycles. The molecular weight excluding hydrogens is 168 g/mol. The highest BCUT2D eigenvalue weighted by molar-refractivity contribution is 5.76. The summed E-state index contributed by atoms with van der Waals surface area (Å²) in [7, 11) is 1.60. The maximum Gasteiger partial charge on any atom is 0.311 e. The molecule has 4 nitrogen and oxygen atoms in total. The van der Waals surface area contributed by atoms with Crippen LogP contribution in [-0.2, 0) is 9.59 Å². The molecule has 0 heterocycles. The van der Waals surface area contributed by atoms with Gasteiger partial charge in [0.15, 0.2) is 0 Å². The van der Waals surface area contributed by atoms with E-state index in [0.717, 1.165) is 0 Å². The van der Waals surface area contributed by atoms with Crippen LogP contribution in [0.25, 0.3) is 0 Å². The maximum absolute atomic E-state index is 11.1. The van der Waals surface area contributed by atoms with Gasteiger partial charge in [-0.3, -0.25) is 9.59 Å². The standard InChI is InChI=1S/C9H17N2O2/c1-8(2)6-10-9(13)4-5-11(3)7-12/h8H,4-6H2,1-3H3,(H,10,13). The van der Waals surface area contributed by atoms with E-state index < -0.39 is 0 Å². The molecule has 13 heavy (non-hydrogen) atoms. The molecule has 2 amide bonds. The summed E-state index contributed by atoms with van der Waals surface area (Å²) in [5.74, 6) is 0.440. The number of carbonyl (C=O) groups is 1. The monoisotopic (exact) mass is 185 g/mol. The molecular formula is C9H17N2O2. The van der Waals surface area contributed by atoms with Gasteiger partial charge in [0.25, 0.3) is 0 Å². The van der Waals surface area contributed by atoms with Gasteiger partial charge in [0.2, 0.25) is 5.91 Å². The van der Waals surface area contributed by atoms with Gasteiger partial charge in [-0.05, 0) is 5.92 Å². The zero-order valence-corrected chi connectivity index (χ0v) is 8.46. The van der Waals surface area contributed by atoms with E-state index in [2.05, 4.69) is 5.32 Å². The Kier molecular flexibility index (Phi) is 5.93. The van der Waals surface area contributed by atoms with Gasteiger partial charge in [0.1, 0.15) is 0 Å². The summed E-state index contributed by atoms with van der Waals surface area (Å²) in [5, 5.41) is 2.77. The third-order valence-corrected chi connectivity index (χ3v) is 1.54. The minimum atomic E-state index is -0.0178. The van der Waals surface area contributed by atoms with Gasteiger partial charge >= 0.3 is 6.41 Å². The summed E-state index contributed by atoms with van der Waals surface area (Å²) in [6, 6.07) is 0. The minimum absolute atomic E-state index is 0.0178. The Bertz CT molecular complexity index is 169. The second kappa shape index (κ2) is 6.46. The van der Waals surface area contributed by atoms with E-state index >= 15 is 0 Å². The van der Waals surface area contributed by atoms with E-state index in [-0.39, 0.29) is 5.91 Å². The van der Waals surface area contributed by atoms with Crippen molar-refractivity contribution in [2.45, 2.75) is 20.3 Å². The van der Waals surface area contributed by atoms with Crippen LogP contribution in [0.15, 0.2) is 0 Å². The summed E-state index contributed by atoms with van der Waals surface area (Å²) >= 11 is 0. The van der Waals surface area contributed by atoms with Crippen molar-refractivity contribution in [3.05, 3.63) is 0 Å². The lowest BCUT2D eigenvalue weighted by atomic mass is 10.2. The first-order valence-electron chi connectivity index (χ1n) is 4.42. The van der Waals surface area contributed by atoms with Crippen LogP contribution in [-0.4, -0.2) is 37.4 Å². The van der Waals surface area contributed by atoms with Crippen molar-refractivity contribution in [1.29, 1.82) is 0 Å². The Hall–Kier alpha value is -1.06. The lowest BCUT2D eigenvalue weighted by Gasteiger charge is -2.10. The number of amides is 2. The van der Waals surface area contributed by atoms with Gasteiger partial charge in [-0.15, -0.1) is 0 Å². The minimum Gasteiger partial charge on any atom is -0.356 e. The number of hydrogen-bond donors (Lipinski definition) is 1. The molecule has 0 aliphatic carbocycles. The van der Waals surface area contributed by atoms with Gasteiger partial charge in [0.05, 0.1) is 0 Å². The smallest absolute Gasteiger partial charge is 0.311 e. The van der Waals surface area contributed by atoms with Crippen LogP contribution in [0.1, 0.15) is 20.3 Å². The Morgan fingerprint density at radius 2 is 2.15 bits per heavy atom. The Balaban J connectivity index is 3.46. The van der Waals surface area contributed by atoms with Crippen LogP contribution < -0.4 is 5.32 Å². The van der Waals surface area contributed by atoms with E-state index in [1.807, 2.05) is 13.8 Å². The first-order valence-corrected chi connectivity index (χ1v) is 4.42. The molecule has 0 aliphatic rings. The van der Waals surface area contributed by atoms with E-state index in [4.69, 9.17) is 0 Å². The molecule has 0 unspecified atom stereocenters. The largest absolute Gasteiger partial charge is 0.356 e. The summed E-state index contributed by atoms with van der Waals surface area (Å²) < 4.78 is 0. The van der Waals surface area contributed by atoms with E-state index in [1.54, 1.807) is 13.5 Å². The molecule has 0 bridgehead atoms. The van der Waals surface area contributed by atoms with Crippen LogP contribution in [0, 0.1) is 5.92 Å². The second-order valence-electron chi connectivity index (χ2n) is 3.46. The van der Waals surface area contributed by atoms with Gasteiger partial charge < -0.3 is 10.2 Å². The molecule has 0 aromatic heterocycles. The molecule has 4 heteroatoms. The first kappa shape index (κ1) is 11.9. The first-order chi connectivity index (χ1) is 6.06. The number of nitrogens with one attached hydrogen (secondary N) is 1. The van der Waals surface area contributed by atoms with Gasteiger partial charge in [0, 0.05) is 26.6 Å². The average Bonchev–Trinajstić information content (AvgIpc) is 2.10. The summed E-state index contributed by atoms with van der Waals surface area (Å²) in [4.78, 5) is 22.5. The van der Waals surface area contributed by atoms with Crippen molar-refractivity contribution in [3.63, 3.8) is 0 Å². The number of hydrogen-bond acceptors (Lipinski definition) is 2. The molecule has 1 radical (unpaired) electrons. The van der Waals surface area contributed by atoms with Crippen LogP contribution in [0.4, 0.5) is 0 Å². The van der Waals surface area contributed by atoms with Gasteiger partial charge in [-0.25, -0.2) is 0 Å². The highest BCUT2D eigenvalue weighted by Crippen LogP contribution is 1.89. The Morgan fingerprint density at radius 1 is 1.54 bits per heavy atom. The highest BCUT2D eigenvalue weighted by atomic mass is 16.2. The SMILES string of the molecule is CC(C)CNC(=O)CCN(C)[C]=O. The van der Waals surface area contributed by atoms with Crippen molar-refractivity contribution in [2.75, 3.05) is 20.1 Å². The van der Waals surface area contributed by atoms with E-state index in [0.29, 0.717) is 25.4 Å². The number of rotatable bonds is 6. The quantitative estimate of drug-likeness (QED) is 0.599. The van der Waals surface area contributed by atoms with Crippen molar-refractivity contribution >= 4 is 12.3 Å². The molecule has 1 N–H and O–H groups in total. The van der Waals surface area contributed by atoms with E-state index in [9.17, 15) is 9.59 Å². The Morgan fingerprint density at radius 3 is 2.62 bits per heavy atom. The molecule has 0 fully saturated rings. The van der Waals surface area contributed by atoms with Gasteiger partial charge in [-0.2, -0.15) is 0 Å². The fourth-order valence-electron chi connectivity index (χ4n) is 0.721. The number of nitrogens with zero attached hydrogens (tertiary/aromatic N) is 1. The Labute approximate surface area is 79.3 Å². The third-order valence-electron chi connectivity index (χ3n) is 1.54. The van der Waals surface area contributed by atoms with Crippen LogP contribution >= 0.6 is 0 Å². The van der Waals surface area contributed by atoms with Crippen LogP contribution in [0.3, 0.4) is 0 Å². The second-order valence-corrected chi connectivity index (χ2v) is 3.46. The zero-order valence-electron chi connectivity index (χ0n) is 8.46. The number of carbonyl (C=O) groups excluding carboxylic acids is 2. The van der Waals surface area contributed by atoms with Crippen molar-refractivity contribution in [1.82, 2.24) is 10.2 Å². The third kappa shape index (κ3) is 7.31. The normalized spacial score (nSPS) is 9.85. The molecule has 0 atom stereocenters. The topological polar surface area (TPSA) is 49.4 Å². The molecule has 0 aromatic carbocycles. The predicted octanol–water partition coefficient (Wildman–Crippen LogP) is 0.148. The summed E-state index contributed by atoms with van der Waals surface area (Å²) in [6.07, 6.45) is 2.03. The van der Waals surface area contributed by atoms with Gasteiger partial charge in [-0.1, -0.05) is 13.8 Å². The van der Waals surface area contributed by atoms with Crippen LogP contribution in [0.5, 0.6) is 0 Å². The fraction of sp³-hybridized carbons (Fsp3) is 0.778. The van der Waals surface area contributed by atoms with E-state index in [1.165, 1.54) is 4.90 Å². The molecule has 75 valence electrons. The fourth-order valence-corrected chi connectivity index (χ4v) is 0.721. The zero-order chi connectivity index (χ0) is 10.3. The molecule has 0 rings (SSSR count). The molecule has 0 saturated heterocycles. The average molecular weight is 185 g/mol. The van der Waals surface area contributed by atoms with Crippen LogP contribution in [0.2, 0.25) is 0 Å².